The second-order valence-electron chi connectivity index (χ2n) is 6.38. The molecule has 0 bridgehead atoms. The number of amides is 1. The first-order valence-electron chi connectivity index (χ1n) is 8.52. The van der Waals surface area contributed by atoms with E-state index in [0.717, 1.165) is 40.4 Å². The van der Waals surface area contributed by atoms with Crippen LogP contribution in [0.4, 0.5) is 18.9 Å². The number of aromatic amines is 1. The van der Waals surface area contributed by atoms with Crippen molar-refractivity contribution in [2.24, 2.45) is 0 Å². The van der Waals surface area contributed by atoms with E-state index in [1.165, 1.54) is 12.1 Å². The molecule has 0 aliphatic rings. The molecule has 6 nitrogen and oxygen atoms in total. The second kappa shape index (κ2) is 7.36. The van der Waals surface area contributed by atoms with Crippen LogP contribution >= 0.6 is 11.8 Å². The number of rotatable bonds is 4. The summed E-state index contributed by atoms with van der Waals surface area (Å²) >= 11 is 1.09. The van der Waals surface area contributed by atoms with E-state index in [9.17, 15) is 18.0 Å². The van der Waals surface area contributed by atoms with E-state index in [-0.39, 0.29) is 17.3 Å². The highest BCUT2D eigenvalue weighted by molar-refractivity contribution is 7.99. The number of thioether (sulfide) groups is 1. The zero-order valence-electron chi connectivity index (χ0n) is 15.0. The first-order valence-corrected chi connectivity index (χ1v) is 9.51. The summed E-state index contributed by atoms with van der Waals surface area (Å²) in [6.45, 7) is 1.98. The molecule has 0 fully saturated rings. The van der Waals surface area contributed by atoms with Gasteiger partial charge in [-0.1, -0.05) is 23.4 Å². The molecule has 0 aliphatic carbocycles. The Hall–Kier alpha value is -3.14. The molecule has 0 radical (unpaired) electrons. The van der Waals surface area contributed by atoms with Crippen LogP contribution in [0.1, 0.15) is 11.1 Å². The fourth-order valence-corrected chi connectivity index (χ4v) is 3.39. The Morgan fingerprint density at radius 2 is 1.90 bits per heavy atom. The van der Waals surface area contributed by atoms with Gasteiger partial charge in [0.1, 0.15) is 5.52 Å². The summed E-state index contributed by atoms with van der Waals surface area (Å²) in [5, 5.41) is 12.1. The lowest BCUT2D eigenvalue weighted by molar-refractivity contribution is -0.137. The monoisotopic (exact) mass is 417 g/mol. The number of fused-ring (bicyclic) bond motifs is 3. The van der Waals surface area contributed by atoms with Gasteiger partial charge in [-0.15, -0.1) is 10.2 Å². The molecule has 10 heteroatoms. The lowest BCUT2D eigenvalue weighted by Crippen LogP contribution is -2.14. The van der Waals surface area contributed by atoms with Gasteiger partial charge < -0.3 is 10.3 Å². The van der Waals surface area contributed by atoms with Crippen LogP contribution < -0.4 is 5.32 Å². The Morgan fingerprint density at radius 1 is 1.14 bits per heavy atom. The van der Waals surface area contributed by atoms with E-state index in [4.69, 9.17) is 0 Å². The van der Waals surface area contributed by atoms with E-state index >= 15 is 0 Å². The molecule has 2 aromatic heterocycles. The molecule has 4 aromatic rings. The zero-order chi connectivity index (χ0) is 20.6. The molecule has 0 spiro atoms. The summed E-state index contributed by atoms with van der Waals surface area (Å²) in [5.41, 5.74) is 2.73. The Morgan fingerprint density at radius 3 is 2.62 bits per heavy atom. The fourth-order valence-electron chi connectivity index (χ4n) is 2.80. The van der Waals surface area contributed by atoms with Gasteiger partial charge in [0.25, 0.3) is 0 Å². The number of halogens is 3. The lowest BCUT2D eigenvalue weighted by Gasteiger charge is -2.08. The predicted molar refractivity (Wildman–Crippen MR) is 105 cm³/mol. The number of aromatic nitrogens is 4. The Kier molecular flexibility index (Phi) is 4.87. The number of hydrogen-bond donors (Lipinski definition) is 2. The molecule has 0 unspecified atom stereocenters. The largest absolute Gasteiger partial charge is 0.416 e. The van der Waals surface area contributed by atoms with E-state index in [1.54, 1.807) is 0 Å². The number of nitrogens with zero attached hydrogens (tertiary/aromatic N) is 3. The van der Waals surface area contributed by atoms with Gasteiger partial charge in [-0.3, -0.25) is 4.79 Å². The van der Waals surface area contributed by atoms with Crippen LogP contribution in [0.25, 0.3) is 22.1 Å². The van der Waals surface area contributed by atoms with Gasteiger partial charge in [0.2, 0.25) is 11.1 Å². The van der Waals surface area contributed by atoms with Crippen molar-refractivity contribution in [3.05, 3.63) is 53.6 Å². The summed E-state index contributed by atoms with van der Waals surface area (Å²) in [6.07, 6.45) is -4.41. The van der Waals surface area contributed by atoms with E-state index in [2.05, 4.69) is 25.5 Å². The average Bonchev–Trinajstić information content (AvgIpc) is 3.03. The number of aryl methyl sites for hydroxylation is 1. The van der Waals surface area contributed by atoms with Gasteiger partial charge in [0.15, 0.2) is 5.65 Å². The SMILES string of the molecule is Cc1ccc2[nH]c3nc(SCC(=O)Nc4ccc(C(F)(F)F)cc4)nnc3c2c1. The smallest absolute Gasteiger partial charge is 0.338 e. The van der Waals surface area contributed by atoms with Crippen LogP contribution in [0.15, 0.2) is 47.6 Å². The summed E-state index contributed by atoms with van der Waals surface area (Å²) in [7, 11) is 0. The summed E-state index contributed by atoms with van der Waals surface area (Å²) in [4.78, 5) is 19.6. The third-order valence-corrected chi connectivity index (χ3v) is 5.02. The summed E-state index contributed by atoms with van der Waals surface area (Å²) in [6, 6.07) is 10.2. The lowest BCUT2D eigenvalue weighted by atomic mass is 10.2. The number of anilines is 1. The molecule has 2 heterocycles. The first-order chi connectivity index (χ1) is 13.8. The second-order valence-corrected chi connectivity index (χ2v) is 7.32. The van der Waals surface area contributed by atoms with Crippen molar-refractivity contribution in [3.63, 3.8) is 0 Å². The number of nitrogens with one attached hydrogen (secondary N) is 2. The number of H-pyrrole nitrogens is 1. The standard InChI is InChI=1S/C19H14F3N5OS/c1-10-2-7-14-13(8-10)16-17(24-14)25-18(27-26-16)29-9-15(28)23-12-5-3-11(4-6-12)19(20,21)22/h2-8H,9H2,1H3,(H,23,28)(H,24,25,27). The average molecular weight is 417 g/mol. The van der Waals surface area contributed by atoms with Crippen LogP contribution in [0, 0.1) is 6.92 Å². The number of hydrogen-bond acceptors (Lipinski definition) is 5. The van der Waals surface area contributed by atoms with Crippen molar-refractivity contribution in [2.75, 3.05) is 11.1 Å². The molecule has 0 saturated carbocycles. The van der Waals surface area contributed by atoms with Crippen LogP contribution in [-0.4, -0.2) is 31.8 Å². The minimum Gasteiger partial charge on any atom is -0.338 e. The quantitative estimate of drug-likeness (QED) is 0.476. The topological polar surface area (TPSA) is 83.6 Å². The maximum Gasteiger partial charge on any atom is 0.416 e. The molecular formula is C19H14F3N5OS. The Bertz CT molecular complexity index is 1200. The molecule has 2 N–H and O–H groups in total. The van der Waals surface area contributed by atoms with Crippen LogP contribution in [-0.2, 0) is 11.0 Å². The van der Waals surface area contributed by atoms with Crippen molar-refractivity contribution < 1.29 is 18.0 Å². The van der Waals surface area contributed by atoms with Crippen molar-refractivity contribution in [3.8, 4) is 0 Å². The highest BCUT2D eigenvalue weighted by Crippen LogP contribution is 2.30. The summed E-state index contributed by atoms with van der Waals surface area (Å²) in [5.74, 6) is -0.390. The minimum atomic E-state index is -4.41. The molecule has 0 aliphatic heterocycles. The van der Waals surface area contributed by atoms with Crippen molar-refractivity contribution >= 4 is 45.4 Å². The normalized spacial score (nSPS) is 11.9. The van der Waals surface area contributed by atoms with Crippen molar-refractivity contribution in [1.82, 2.24) is 20.2 Å². The minimum absolute atomic E-state index is 0.00640. The van der Waals surface area contributed by atoms with Crippen molar-refractivity contribution in [2.45, 2.75) is 18.3 Å². The van der Waals surface area contributed by atoms with Crippen LogP contribution in [0.5, 0.6) is 0 Å². The van der Waals surface area contributed by atoms with Gasteiger partial charge in [-0.2, -0.15) is 13.2 Å². The van der Waals surface area contributed by atoms with Gasteiger partial charge >= 0.3 is 6.18 Å². The third kappa shape index (κ3) is 4.16. The third-order valence-electron chi connectivity index (χ3n) is 4.18. The van der Waals surface area contributed by atoms with Crippen molar-refractivity contribution in [1.29, 1.82) is 0 Å². The molecule has 4 rings (SSSR count). The molecule has 0 atom stereocenters. The number of benzene rings is 2. The molecule has 0 saturated heterocycles. The molecule has 2 aromatic carbocycles. The maximum absolute atomic E-state index is 12.6. The Labute approximate surface area is 166 Å². The fraction of sp³-hybridized carbons (Fsp3) is 0.158. The highest BCUT2D eigenvalue weighted by Gasteiger charge is 2.30. The van der Waals surface area contributed by atoms with Crippen LogP contribution in [0.3, 0.4) is 0 Å². The Balaban J connectivity index is 1.42. The van der Waals surface area contributed by atoms with Gasteiger partial charge in [0.05, 0.1) is 11.3 Å². The molecule has 29 heavy (non-hydrogen) atoms. The van der Waals surface area contributed by atoms with Gasteiger partial charge in [-0.05, 0) is 43.3 Å². The highest BCUT2D eigenvalue weighted by atomic mass is 32.2. The number of carbonyl (C=O) groups is 1. The first kappa shape index (κ1) is 19.2. The number of alkyl halides is 3. The maximum atomic E-state index is 12.6. The molecule has 148 valence electrons. The predicted octanol–water partition coefficient (Wildman–Crippen LogP) is 4.56. The van der Waals surface area contributed by atoms with Gasteiger partial charge in [0, 0.05) is 16.6 Å². The number of carbonyl (C=O) groups excluding carboxylic acids is 1. The van der Waals surface area contributed by atoms with E-state index in [1.807, 2.05) is 25.1 Å². The van der Waals surface area contributed by atoms with E-state index < -0.39 is 11.7 Å². The van der Waals surface area contributed by atoms with Crippen LogP contribution in [0.2, 0.25) is 0 Å². The van der Waals surface area contributed by atoms with E-state index in [0.29, 0.717) is 16.3 Å². The zero-order valence-corrected chi connectivity index (χ0v) is 15.9. The molecule has 1 amide bonds. The molecular weight excluding hydrogens is 403 g/mol. The summed E-state index contributed by atoms with van der Waals surface area (Å²) < 4.78 is 37.7. The van der Waals surface area contributed by atoms with Gasteiger partial charge in [-0.25, -0.2) is 4.98 Å².